The van der Waals surface area contributed by atoms with Gasteiger partial charge in [-0.2, -0.15) is 4.98 Å². The Labute approximate surface area is 165 Å². The number of hydrogen-bond acceptors (Lipinski definition) is 6. The first-order valence-corrected chi connectivity index (χ1v) is 10.0. The average molecular weight is 384 g/mol. The molecule has 0 spiro atoms. The van der Waals surface area contributed by atoms with Crippen LogP contribution < -0.4 is 9.47 Å². The molecule has 1 saturated heterocycles. The van der Waals surface area contributed by atoms with E-state index >= 15 is 0 Å². The third-order valence-corrected chi connectivity index (χ3v) is 5.69. The quantitative estimate of drug-likeness (QED) is 0.563. The number of aromatic nitrogens is 1. The normalized spacial score (nSPS) is 18.1. The van der Waals surface area contributed by atoms with Crippen LogP contribution in [0.3, 0.4) is 0 Å². The van der Waals surface area contributed by atoms with Crippen LogP contribution in [0, 0.1) is 12.3 Å². The van der Waals surface area contributed by atoms with Gasteiger partial charge < -0.3 is 9.47 Å². The second-order valence-electron chi connectivity index (χ2n) is 6.37. The molecule has 2 aromatic rings. The van der Waals surface area contributed by atoms with Crippen LogP contribution in [-0.4, -0.2) is 54.3 Å². The molecule has 0 aliphatic carbocycles. The Morgan fingerprint density at radius 2 is 1.89 bits per heavy atom. The highest BCUT2D eigenvalue weighted by Gasteiger charge is 2.29. The zero-order valence-electron chi connectivity index (χ0n) is 16.0. The van der Waals surface area contributed by atoms with Crippen molar-refractivity contribution in [3.8, 4) is 24.1 Å². The Hall–Kier alpha value is -2.20. The maximum atomic E-state index is 5.74. The molecule has 5 nitrogen and oxygen atoms in total. The van der Waals surface area contributed by atoms with Crippen molar-refractivity contribution >= 4 is 11.9 Å². The minimum Gasteiger partial charge on any atom is -0.481 e. The van der Waals surface area contributed by atoms with Gasteiger partial charge in [0.15, 0.2) is 0 Å². The predicted octanol–water partition coefficient (Wildman–Crippen LogP) is 3.22. The van der Waals surface area contributed by atoms with Crippen LogP contribution in [0.1, 0.15) is 22.7 Å². The summed E-state index contributed by atoms with van der Waals surface area (Å²) in [6.07, 6.45) is 7.87. The molecule has 0 N–H and O–H groups in total. The van der Waals surface area contributed by atoms with E-state index < -0.39 is 0 Å². The summed E-state index contributed by atoms with van der Waals surface area (Å²) >= 11 is 1.78. The topological polar surface area (TPSA) is 37.8 Å². The third kappa shape index (κ3) is 4.56. The van der Waals surface area contributed by atoms with Crippen molar-refractivity contribution in [3.05, 3.63) is 53.1 Å². The van der Waals surface area contributed by atoms with Gasteiger partial charge in [-0.05, 0) is 23.4 Å². The predicted molar refractivity (Wildman–Crippen MR) is 110 cm³/mol. The first kappa shape index (κ1) is 19.6. The Kier molecular flexibility index (Phi) is 6.62. The molecule has 1 aromatic heterocycles. The summed E-state index contributed by atoms with van der Waals surface area (Å²) in [5.74, 6) is 3.98. The summed E-state index contributed by atoms with van der Waals surface area (Å²) in [6, 6.07) is 12.4. The van der Waals surface area contributed by atoms with Gasteiger partial charge in [0.05, 0.1) is 20.3 Å². The summed E-state index contributed by atoms with van der Waals surface area (Å²) in [6.45, 7) is 3.69. The summed E-state index contributed by atoms with van der Waals surface area (Å²) in [7, 11) is 3.24. The zero-order valence-corrected chi connectivity index (χ0v) is 16.8. The Balaban J connectivity index is 1.82. The highest BCUT2D eigenvalue weighted by atomic mass is 32.2. The molecule has 6 heteroatoms. The van der Waals surface area contributed by atoms with Crippen molar-refractivity contribution in [3.63, 3.8) is 0 Å². The number of rotatable bonds is 6. The van der Waals surface area contributed by atoms with Gasteiger partial charge in [0.1, 0.15) is 0 Å². The van der Waals surface area contributed by atoms with Crippen LogP contribution in [0.4, 0.5) is 0 Å². The van der Waals surface area contributed by atoms with E-state index in [1.807, 2.05) is 24.3 Å². The van der Waals surface area contributed by atoms with Gasteiger partial charge in [0, 0.05) is 43.9 Å². The Morgan fingerprint density at radius 3 is 2.52 bits per heavy atom. The second-order valence-corrected chi connectivity index (χ2v) is 7.20. The zero-order chi connectivity index (χ0) is 19.2. The van der Waals surface area contributed by atoms with Crippen LogP contribution >= 0.6 is 11.9 Å². The fourth-order valence-electron chi connectivity index (χ4n) is 3.45. The number of methoxy groups -OCH3 is 2. The van der Waals surface area contributed by atoms with Gasteiger partial charge in [0.2, 0.25) is 11.8 Å². The van der Waals surface area contributed by atoms with Crippen LogP contribution in [0.2, 0.25) is 0 Å². The summed E-state index contributed by atoms with van der Waals surface area (Å²) in [4.78, 5) is 6.72. The van der Waals surface area contributed by atoms with E-state index in [1.54, 1.807) is 26.2 Å². The van der Waals surface area contributed by atoms with Crippen molar-refractivity contribution in [2.45, 2.75) is 12.6 Å². The fraction of sp³-hybridized carbons (Fsp3) is 0.381. The van der Waals surface area contributed by atoms with Crippen molar-refractivity contribution in [2.24, 2.45) is 0 Å². The molecule has 1 aliphatic heterocycles. The van der Waals surface area contributed by atoms with E-state index in [0.717, 1.165) is 37.3 Å². The molecular weight excluding hydrogens is 358 g/mol. The Morgan fingerprint density at radius 1 is 1.19 bits per heavy atom. The van der Waals surface area contributed by atoms with Crippen LogP contribution in [0.15, 0.2) is 36.4 Å². The lowest BCUT2D eigenvalue weighted by Gasteiger charge is -2.40. The summed E-state index contributed by atoms with van der Waals surface area (Å²) in [5, 5.41) is 0. The lowest BCUT2D eigenvalue weighted by molar-refractivity contribution is 0.137. The SMILES string of the molecule is C#Cc1ccccc1C1CN(Cc2cc(OC)nc(OC)c2)CCN1SC. The molecule has 0 radical (unpaired) electrons. The minimum atomic E-state index is 0.256. The molecular formula is C21H25N3O2S. The molecule has 0 saturated carbocycles. The van der Waals surface area contributed by atoms with Crippen LogP contribution in [0.5, 0.6) is 11.8 Å². The maximum Gasteiger partial charge on any atom is 0.216 e. The minimum absolute atomic E-state index is 0.256. The number of hydrogen-bond donors (Lipinski definition) is 0. The van der Waals surface area contributed by atoms with Gasteiger partial charge >= 0.3 is 0 Å². The molecule has 1 aliphatic rings. The molecule has 3 rings (SSSR count). The van der Waals surface area contributed by atoms with Gasteiger partial charge in [-0.25, -0.2) is 4.31 Å². The molecule has 2 heterocycles. The lowest BCUT2D eigenvalue weighted by Crippen LogP contribution is -2.45. The largest absolute Gasteiger partial charge is 0.481 e. The smallest absolute Gasteiger partial charge is 0.216 e. The molecule has 0 bridgehead atoms. The van der Waals surface area contributed by atoms with Crippen molar-refractivity contribution in [1.82, 2.24) is 14.2 Å². The summed E-state index contributed by atoms with van der Waals surface area (Å²) < 4.78 is 13.0. The van der Waals surface area contributed by atoms with E-state index in [-0.39, 0.29) is 6.04 Å². The highest BCUT2D eigenvalue weighted by Crippen LogP contribution is 2.32. The van der Waals surface area contributed by atoms with E-state index in [2.05, 4.69) is 38.5 Å². The standard InChI is InChI=1S/C21H25N3O2S/c1-5-17-8-6-7-9-18(17)19-15-23(10-11-24(19)27-4)14-16-12-20(25-2)22-21(13-16)26-3/h1,6-9,12-13,19H,10-11,14-15H2,2-4H3. The fourth-order valence-corrected chi connectivity index (χ4v) is 4.15. The maximum absolute atomic E-state index is 5.74. The molecule has 142 valence electrons. The first-order chi connectivity index (χ1) is 13.2. The van der Waals surface area contributed by atoms with Crippen molar-refractivity contribution < 1.29 is 9.47 Å². The third-order valence-electron chi connectivity index (χ3n) is 4.79. The van der Waals surface area contributed by atoms with E-state index in [1.165, 1.54) is 5.56 Å². The van der Waals surface area contributed by atoms with Gasteiger partial charge in [0.25, 0.3) is 0 Å². The Bertz CT molecular complexity index is 799. The van der Waals surface area contributed by atoms with E-state index in [4.69, 9.17) is 15.9 Å². The highest BCUT2D eigenvalue weighted by molar-refractivity contribution is 7.96. The lowest BCUT2D eigenvalue weighted by atomic mass is 9.98. The number of nitrogens with zero attached hydrogens (tertiary/aromatic N) is 3. The molecule has 27 heavy (non-hydrogen) atoms. The van der Waals surface area contributed by atoms with Gasteiger partial charge in [-0.15, -0.1) is 6.42 Å². The first-order valence-electron chi connectivity index (χ1n) is 8.86. The number of pyridine rings is 1. The molecule has 1 fully saturated rings. The monoisotopic (exact) mass is 383 g/mol. The summed E-state index contributed by atoms with van der Waals surface area (Å²) in [5.41, 5.74) is 3.31. The second kappa shape index (κ2) is 9.14. The molecule has 1 atom stereocenters. The van der Waals surface area contributed by atoms with Crippen molar-refractivity contribution in [2.75, 3.05) is 40.1 Å². The van der Waals surface area contributed by atoms with E-state index in [9.17, 15) is 0 Å². The number of benzene rings is 1. The van der Waals surface area contributed by atoms with Gasteiger partial charge in [-0.1, -0.05) is 36.1 Å². The van der Waals surface area contributed by atoms with Crippen LogP contribution in [-0.2, 0) is 6.54 Å². The van der Waals surface area contributed by atoms with Crippen LogP contribution in [0.25, 0.3) is 0 Å². The van der Waals surface area contributed by atoms with E-state index in [0.29, 0.717) is 11.8 Å². The molecule has 0 amide bonds. The molecule has 1 aromatic carbocycles. The number of ether oxygens (including phenoxy) is 2. The number of piperazine rings is 1. The average Bonchev–Trinajstić information content (AvgIpc) is 2.73. The van der Waals surface area contributed by atoms with Gasteiger partial charge in [-0.3, -0.25) is 4.90 Å². The molecule has 1 unspecified atom stereocenters. The number of terminal acetylenes is 1. The van der Waals surface area contributed by atoms with Crippen molar-refractivity contribution in [1.29, 1.82) is 0 Å².